The summed E-state index contributed by atoms with van der Waals surface area (Å²) in [5.41, 5.74) is 1.07. The van der Waals surface area contributed by atoms with Crippen LogP contribution in [0.15, 0.2) is 70.7 Å². The molecule has 0 bridgehead atoms. The van der Waals surface area contributed by atoms with Crippen LogP contribution in [0.3, 0.4) is 0 Å². The summed E-state index contributed by atoms with van der Waals surface area (Å²) in [6.07, 6.45) is 1.60. The standard InChI is InChI=1S/C20H19N3O4S/c1-2-27-19(24)17-14-22(18-11-7-6-10-16(17)18)20-21-12-13-23(20)28(25,26)15-8-4-3-5-9-15/h3-11,14H,2,12-13H2,1H3. The smallest absolute Gasteiger partial charge is 0.340 e. The molecule has 0 atom stereocenters. The molecule has 0 aliphatic carbocycles. The minimum atomic E-state index is -3.76. The van der Waals surface area contributed by atoms with Gasteiger partial charge in [0.15, 0.2) is 0 Å². The predicted molar refractivity (Wildman–Crippen MR) is 106 cm³/mol. The van der Waals surface area contributed by atoms with E-state index in [1.807, 2.05) is 24.3 Å². The topological polar surface area (TPSA) is 81.0 Å². The molecule has 0 saturated heterocycles. The third-order valence-corrected chi connectivity index (χ3v) is 6.33. The van der Waals surface area contributed by atoms with Gasteiger partial charge in [-0.2, -0.15) is 0 Å². The summed E-state index contributed by atoms with van der Waals surface area (Å²) in [6.45, 7) is 2.59. The molecule has 0 spiro atoms. The number of carbonyl (C=O) groups excluding carboxylic acids is 1. The molecule has 4 rings (SSSR count). The number of benzene rings is 2. The van der Waals surface area contributed by atoms with E-state index in [4.69, 9.17) is 4.74 Å². The van der Waals surface area contributed by atoms with Crippen LogP contribution in [0.4, 0.5) is 0 Å². The summed E-state index contributed by atoms with van der Waals surface area (Å²) >= 11 is 0. The average molecular weight is 397 g/mol. The van der Waals surface area contributed by atoms with Crippen molar-refractivity contribution in [1.82, 2.24) is 8.87 Å². The van der Waals surface area contributed by atoms with Crippen LogP contribution < -0.4 is 0 Å². The fraction of sp³-hybridized carbons (Fsp3) is 0.200. The van der Waals surface area contributed by atoms with E-state index in [1.165, 1.54) is 4.31 Å². The van der Waals surface area contributed by atoms with Crippen molar-refractivity contribution in [2.24, 2.45) is 4.99 Å². The van der Waals surface area contributed by atoms with Crippen LogP contribution in [0.2, 0.25) is 0 Å². The van der Waals surface area contributed by atoms with Crippen LogP contribution in [0.25, 0.3) is 10.9 Å². The molecule has 1 aromatic heterocycles. The molecular weight excluding hydrogens is 378 g/mol. The van der Waals surface area contributed by atoms with E-state index >= 15 is 0 Å². The van der Waals surface area contributed by atoms with Gasteiger partial charge in [0.25, 0.3) is 10.0 Å². The summed E-state index contributed by atoms with van der Waals surface area (Å²) in [4.78, 5) is 17.0. The second-order valence-corrected chi connectivity index (χ2v) is 8.08. The highest BCUT2D eigenvalue weighted by atomic mass is 32.2. The number of aromatic nitrogens is 1. The van der Waals surface area contributed by atoms with E-state index in [0.717, 1.165) is 0 Å². The first kappa shape index (κ1) is 18.2. The minimum absolute atomic E-state index is 0.201. The second kappa shape index (κ2) is 7.12. The van der Waals surface area contributed by atoms with Crippen LogP contribution in [-0.4, -0.2) is 48.9 Å². The number of aliphatic imine (C=N–C) groups is 1. The zero-order chi connectivity index (χ0) is 19.7. The van der Waals surface area contributed by atoms with Crippen molar-refractivity contribution in [2.45, 2.75) is 11.8 Å². The summed E-state index contributed by atoms with van der Waals surface area (Å²) in [6, 6.07) is 15.5. The number of hydrogen-bond donors (Lipinski definition) is 0. The fourth-order valence-electron chi connectivity index (χ4n) is 3.28. The number of carbonyl (C=O) groups is 1. The number of hydrogen-bond acceptors (Lipinski definition) is 5. The zero-order valence-corrected chi connectivity index (χ0v) is 16.1. The Kier molecular flexibility index (Phi) is 4.64. The maximum absolute atomic E-state index is 13.1. The zero-order valence-electron chi connectivity index (χ0n) is 15.3. The lowest BCUT2D eigenvalue weighted by molar-refractivity contribution is 0.0528. The van der Waals surface area contributed by atoms with Crippen LogP contribution in [0.1, 0.15) is 17.3 Å². The van der Waals surface area contributed by atoms with Gasteiger partial charge >= 0.3 is 5.97 Å². The Hall–Kier alpha value is -3.13. The van der Waals surface area contributed by atoms with Gasteiger partial charge in [-0.05, 0) is 25.1 Å². The van der Waals surface area contributed by atoms with Crippen LogP contribution in [0, 0.1) is 0 Å². The Morgan fingerprint density at radius 3 is 2.57 bits per heavy atom. The molecule has 7 nitrogen and oxygen atoms in total. The lowest BCUT2D eigenvalue weighted by atomic mass is 10.2. The monoisotopic (exact) mass is 397 g/mol. The van der Waals surface area contributed by atoms with Crippen molar-refractivity contribution in [1.29, 1.82) is 0 Å². The number of fused-ring (bicyclic) bond motifs is 1. The Balaban J connectivity index is 1.83. The minimum Gasteiger partial charge on any atom is -0.462 e. The van der Waals surface area contributed by atoms with Crippen molar-refractivity contribution in [3.05, 3.63) is 66.4 Å². The second-order valence-electron chi connectivity index (χ2n) is 6.22. The van der Waals surface area contributed by atoms with Gasteiger partial charge in [0.2, 0.25) is 5.96 Å². The van der Waals surface area contributed by atoms with E-state index in [2.05, 4.69) is 4.99 Å². The summed E-state index contributed by atoms with van der Waals surface area (Å²) in [5.74, 6) is -0.177. The van der Waals surface area contributed by atoms with Gasteiger partial charge in [-0.15, -0.1) is 0 Å². The third kappa shape index (κ3) is 2.95. The lowest BCUT2D eigenvalue weighted by Crippen LogP contribution is -2.37. The van der Waals surface area contributed by atoms with Gasteiger partial charge in [0, 0.05) is 11.6 Å². The van der Waals surface area contributed by atoms with Gasteiger partial charge < -0.3 is 4.74 Å². The molecule has 28 heavy (non-hydrogen) atoms. The highest BCUT2D eigenvalue weighted by molar-refractivity contribution is 7.89. The Morgan fingerprint density at radius 1 is 1.11 bits per heavy atom. The van der Waals surface area contributed by atoms with Crippen molar-refractivity contribution < 1.29 is 17.9 Å². The van der Waals surface area contributed by atoms with Gasteiger partial charge in [0.1, 0.15) is 0 Å². The molecule has 2 heterocycles. The molecule has 0 amide bonds. The van der Waals surface area contributed by atoms with E-state index in [-0.39, 0.29) is 24.0 Å². The average Bonchev–Trinajstić information content (AvgIpc) is 3.34. The largest absolute Gasteiger partial charge is 0.462 e. The summed E-state index contributed by atoms with van der Waals surface area (Å²) in [7, 11) is -3.76. The Labute approximate surface area is 162 Å². The molecule has 144 valence electrons. The molecule has 8 heteroatoms. The molecule has 2 aromatic carbocycles. The van der Waals surface area contributed by atoms with E-state index in [1.54, 1.807) is 48.0 Å². The highest BCUT2D eigenvalue weighted by Crippen LogP contribution is 2.26. The van der Waals surface area contributed by atoms with Crippen LogP contribution >= 0.6 is 0 Å². The normalized spacial score (nSPS) is 14.3. The number of ether oxygens (including phenoxy) is 1. The maximum Gasteiger partial charge on any atom is 0.340 e. The number of para-hydroxylation sites is 1. The first-order chi connectivity index (χ1) is 13.5. The molecule has 0 saturated carbocycles. The lowest BCUT2D eigenvalue weighted by Gasteiger charge is -2.21. The molecule has 1 aliphatic rings. The molecule has 0 radical (unpaired) electrons. The first-order valence-corrected chi connectivity index (χ1v) is 10.4. The number of sulfonamides is 1. The maximum atomic E-state index is 13.1. The molecule has 3 aromatic rings. The number of nitrogens with zero attached hydrogens (tertiary/aromatic N) is 3. The highest BCUT2D eigenvalue weighted by Gasteiger charge is 2.33. The van der Waals surface area contributed by atoms with Gasteiger partial charge in [-0.1, -0.05) is 36.4 Å². The van der Waals surface area contributed by atoms with Crippen LogP contribution in [-0.2, 0) is 14.8 Å². The molecular formula is C20H19N3O4S. The van der Waals surface area contributed by atoms with Gasteiger partial charge in [-0.25, -0.2) is 22.5 Å². The van der Waals surface area contributed by atoms with Crippen molar-refractivity contribution in [3.63, 3.8) is 0 Å². The van der Waals surface area contributed by atoms with E-state index in [0.29, 0.717) is 23.0 Å². The molecule has 0 N–H and O–H groups in total. The SMILES string of the molecule is CCOC(=O)c1cn(C2=NCCN2S(=O)(=O)c2ccccc2)c2ccccc12. The van der Waals surface area contributed by atoms with Crippen molar-refractivity contribution >= 4 is 32.9 Å². The Morgan fingerprint density at radius 2 is 1.82 bits per heavy atom. The van der Waals surface area contributed by atoms with E-state index in [9.17, 15) is 13.2 Å². The number of esters is 1. The molecule has 1 aliphatic heterocycles. The van der Waals surface area contributed by atoms with Crippen LogP contribution in [0.5, 0.6) is 0 Å². The summed E-state index contributed by atoms with van der Waals surface area (Å²) in [5, 5.41) is 0.688. The third-order valence-electron chi connectivity index (χ3n) is 4.53. The molecule has 0 fully saturated rings. The Bertz CT molecular complexity index is 1170. The van der Waals surface area contributed by atoms with Crippen molar-refractivity contribution in [3.8, 4) is 0 Å². The predicted octanol–water partition coefficient (Wildman–Crippen LogP) is 2.73. The quantitative estimate of drug-likeness (QED) is 0.634. The van der Waals surface area contributed by atoms with E-state index < -0.39 is 16.0 Å². The molecule has 0 unspecified atom stereocenters. The van der Waals surface area contributed by atoms with Gasteiger partial charge in [0.05, 0.1) is 35.7 Å². The fourth-order valence-corrected chi connectivity index (χ4v) is 4.72. The summed E-state index contributed by atoms with van der Waals surface area (Å²) < 4.78 is 34.4. The van der Waals surface area contributed by atoms with Crippen molar-refractivity contribution in [2.75, 3.05) is 19.7 Å². The number of rotatable bonds is 4. The van der Waals surface area contributed by atoms with Gasteiger partial charge in [-0.3, -0.25) is 4.57 Å². The first-order valence-electron chi connectivity index (χ1n) is 8.94.